The van der Waals surface area contributed by atoms with Crippen molar-refractivity contribution in [3.05, 3.63) is 34.9 Å². The Kier molecular flexibility index (Phi) is 3.19. The summed E-state index contributed by atoms with van der Waals surface area (Å²) in [7, 11) is 2.14. The van der Waals surface area contributed by atoms with Gasteiger partial charge in [-0.25, -0.2) is 0 Å². The van der Waals surface area contributed by atoms with E-state index in [4.69, 9.17) is 0 Å². The van der Waals surface area contributed by atoms with E-state index >= 15 is 0 Å². The molecule has 98 valence electrons. The second kappa shape index (κ2) is 4.70. The lowest BCUT2D eigenvalue weighted by Crippen LogP contribution is -2.31. The lowest BCUT2D eigenvalue weighted by molar-refractivity contribution is 0.428. The quantitative estimate of drug-likeness (QED) is 0.853. The van der Waals surface area contributed by atoms with Crippen LogP contribution in [0, 0.1) is 31.6 Å². The number of rotatable bonds is 4. The van der Waals surface area contributed by atoms with Crippen LogP contribution in [-0.2, 0) is 6.42 Å². The van der Waals surface area contributed by atoms with Crippen molar-refractivity contribution in [2.24, 2.45) is 17.8 Å². The van der Waals surface area contributed by atoms with Crippen molar-refractivity contribution in [2.75, 3.05) is 7.05 Å². The Balaban J connectivity index is 1.70. The van der Waals surface area contributed by atoms with E-state index in [1.165, 1.54) is 42.4 Å². The van der Waals surface area contributed by atoms with Crippen molar-refractivity contribution < 1.29 is 0 Å². The molecule has 3 unspecified atom stereocenters. The van der Waals surface area contributed by atoms with Gasteiger partial charge in [0.25, 0.3) is 0 Å². The fraction of sp³-hybridized carbons (Fsp3) is 0.647. The zero-order valence-electron chi connectivity index (χ0n) is 11.9. The molecule has 3 rings (SSSR count). The molecule has 18 heavy (non-hydrogen) atoms. The van der Waals surface area contributed by atoms with Crippen LogP contribution in [0.15, 0.2) is 18.2 Å². The molecule has 0 heterocycles. The van der Waals surface area contributed by atoms with E-state index in [0.717, 1.165) is 17.8 Å². The smallest absolute Gasteiger partial charge is 0.0138 e. The highest BCUT2D eigenvalue weighted by Gasteiger charge is 2.55. The maximum atomic E-state index is 3.58. The predicted molar refractivity (Wildman–Crippen MR) is 76.8 cm³/mol. The van der Waals surface area contributed by atoms with Gasteiger partial charge in [0, 0.05) is 6.04 Å². The minimum Gasteiger partial charge on any atom is -0.316 e. The van der Waals surface area contributed by atoms with Crippen LogP contribution in [0.1, 0.15) is 36.0 Å². The zero-order chi connectivity index (χ0) is 12.7. The van der Waals surface area contributed by atoms with Crippen LogP contribution in [0.3, 0.4) is 0 Å². The number of likely N-dealkylation sites (N-methyl/N-ethyl adjacent to an activating group) is 1. The van der Waals surface area contributed by atoms with E-state index in [0.29, 0.717) is 6.04 Å². The fourth-order valence-corrected chi connectivity index (χ4v) is 4.35. The lowest BCUT2D eigenvalue weighted by atomic mass is 9.95. The number of hydrogen-bond donors (Lipinski definition) is 1. The summed E-state index contributed by atoms with van der Waals surface area (Å²) in [6.45, 7) is 4.41. The molecule has 3 atom stereocenters. The summed E-state index contributed by atoms with van der Waals surface area (Å²) in [4.78, 5) is 0. The Hall–Kier alpha value is -0.820. The van der Waals surface area contributed by atoms with Crippen LogP contribution in [0.4, 0.5) is 0 Å². The second-order valence-electron chi connectivity index (χ2n) is 6.43. The molecule has 0 amide bonds. The molecule has 0 saturated heterocycles. The van der Waals surface area contributed by atoms with Gasteiger partial charge in [0.1, 0.15) is 0 Å². The Morgan fingerprint density at radius 2 is 1.72 bits per heavy atom. The third-order valence-corrected chi connectivity index (χ3v) is 5.05. The van der Waals surface area contributed by atoms with Gasteiger partial charge in [-0.1, -0.05) is 35.7 Å². The van der Waals surface area contributed by atoms with E-state index < -0.39 is 0 Å². The second-order valence-corrected chi connectivity index (χ2v) is 6.43. The Labute approximate surface area is 111 Å². The third-order valence-electron chi connectivity index (χ3n) is 5.05. The molecule has 2 fully saturated rings. The van der Waals surface area contributed by atoms with Crippen molar-refractivity contribution >= 4 is 0 Å². The first-order chi connectivity index (χ1) is 8.69. The van der Waals surface area contributed by atoms with Crippen molar-refractivity contribution in [3.63, 3.8) is 0 Å². The third kappa shape index (κ3) is 2.21. The van der Waals surface area contributed by atoms with Gasteiger partial charge in [0.15, 0.2) is 0 Å². The summed E-state index contributed by atoms with van der Waals surface area (Å²) >= 11 is 0. The lowest BCUT2D eigenvalue weighted by Gasteiger charge is -2.19. The van der Waals surface area contributed by atoms with Crippen LogP contribution in [0.2, 0.25) is 0 Å². The number of fused-ring (bicyclic) bond motifs is 1. The van der Waals surface area contributed by atoms with Gasteiger partial charge >= 0.3 is 0 Å². The average Bonchev–Trinajstić information content (AvgIpc) is 2.79. The number of nitrogens with one attached hydrogen (secondary N) is 1. The van der Waals surface area contributed by atoms with Gasteiger partial charge in [-0.2, -0.15) is 0 Å². The molecule has 1 nitrogen and oxygen atoms in total. The van der Waals surface area contributed by atoms with E-state index in [1.807, 2.05) is 0 Å². The van der Waals surface area contributed by atoms with Crippen LogP contribution >= 0.6 is 0 Å². The van der Waals surface area contributed by atoms with Crippen molar-refractivity contribution in [1.82, 2.24) is 5.32 Å². The molecule has 1 N–H and O–H groups in total. The summed E-state index contributed by atoms with van der Waals surface area (Å²) in [6, 6.07) is 7.68. The number of benzene rings is 1. The molecule has 0 aliphatic heterocycles. The van der Waals surface area contributed by atoms with E-state index in [1.54, 1.807) is 0 Å². The Morgan fingerprint density at radius 3 is 2.28 bits per heavy atom. The standard InChI is InChI=1S/C17H25N/c1-11-7-12(2)9-13(8-11)10-16(18-3)17-14-5-4-6-15(14)17/h7-9,14-18H,4-6,10H2,1-3H3. The molecular weight excluding hydrogens is 218 g/mol. The molecule has 1 aromatic rings. The van der Waals surface area contributed by atoms with Crippen molar-refractivity contribution in [1.29, 1.82) is 0 Å². The van der Waals surface area contributed by atoms with Crippen LogP contribution in [0.5, 0.6) is 0 Å². The van der Waals surface area contributed by atoms with Gasteiger partial charge in [0.2, 0.25) is 0 Å². The van der Waals surface area contributed by atoms with Gasteiger partial charge in [-0.15, -0.1) is 0 Å². The molecule has 0 radical (unpaired) electrons. The van der Waals surface area contributed by atoms with Gasteiger partial charge in [-0.3, -0.25) is 0 Å². The molecule has 1 heteroatoms. The van der Waals surface area contributed by atoms with E-state index in [2.05, 4.69) is 44.4 Å². The highest BCUT2D eigenvalue weighted by molar-refractivity contribution is 5.29. The SMILES string of the molecule is CNC(Cc1cc(C)cc(C)c1)C1C2CCCC21. The molecule has 2 aliphatic rings. The summed E-state index contributed by atoms with van der Waals surface area (Å²) in [5, 5.41) is 3.58. The Morgan fingerprint density at radius 1 is 1.11 bits per heavy atom. The molecule has 2 aliphatic carbocycles. The zero-order valence-corrected chi connectivity index (χ0v) is 11.9. The highest BCUT2D eigenvalue weighted by Crippen LogP contribution is 2.59. The minimum atomic E-state index is 0.696. The summed E-state index contributed by atoms with van der Waals surface area (Å²) in [5.74, 6) is 3.06. The predicted octanol–water partition coefficient (Wildman–Crippen LogP) is 3.48. The number of hydrogen-bond acceptors (Lipinski definition) is 1. The largest absolute Gasteiger partial charge is 0.316 e. The first kappa shape index (κ1) is 12.2. The highest BCUT2D eigenvalue weighted by atomic mass is 14.9. The Bertz CT molecular complexity index is 407. The maximum Gasteiger partial charge on any atom is 0.0138 e. The monoisotopic (exact) mass is 243 g/mol. The first-order valence-electron chi connectivity index (χ1n) is 7.43. The van der Waals surface area contributed by atoms with Crippen LogP contribution in [0.25, 0.3) is 0 Å². The molecular formula is C17H25N. The van der Waals surface area contributed by atoms with Crippen molar-refractivity contribution in [2.45, 2.75) is 45.6 Å². The fourth-order valence-electron chi connectivity index (χ4n) is 4.35. The average molecular weight is 243 g/mol. The number of aryl methyl sites for hydroxylation is 2. The normalized spacial score (nSPS) is 31.2. The maximum absolute atomic E-state index is 3.58. The topological polar surface area (TPSA) is 12.0 Å². The molecule has 1 aromatic carbocycles. The van der Waals surface area contributed by atoms with E-state index in [9.17, 15) is 0 Å². The molecule has 0 spiro atoms. The van der Waals surface area contributed by atoms with Crippen LogP contribution in [-0.4, -0.2) is 13.1 Å². The van der Waals surface area contributed by atoms with Gasteiger partial charge < -0.3 is 5.32 Å². The van der Waals surface area contributed by atoms with Crippen LogP contribution < -0.4 is 5.32 Å². The van der Waals surface area contributed by atoms with E-state index in [-0.39, 0.29) is 0 Å². The molecule has 0 aromatic heterocycles. The summed E-state index contributed by atoms with van der Waals surface area (Å²) < 4.78 is 0. The first-order valence-corrected chi connectivity index (χ1v) is 7.43. The summed E-state index contributed by atoms with van der Waals surface area (Å²) in [5.41, 5.74) is 4.31. The summed E-state index contributed by atoms with van der Waals surface area (Å²) in [6.07, 6.45) is 5.66. The minimum absolute atomic E-state index is 0.696. The van der Waals surface area contributed by atoms with Gasteiger partial charge in [0.05, 0.1) is 0 Å². The van der Waals surface area contributed by atoms with Crippen molar-refractivity contribution in [3.8, 4) is 0 Å². The van der Waals surface area contributed by atoms with Gasteiger partial charge in [-0.05, 0) is 63.5 Å². The molecule has 2 saturated carbocycles. The molecule has 0 bridgehead atoms.